The molecule has 0 aromatic carbocycles. The predicted octanol–water partition coefficient (Wildman–Crippen LogP) is -1.40. The van der Waals surface area contributed by atoms with Gasteiger partial charge >= 0.3 is 11.7 Å². The van der Waals surface area contributed by atoms with Crippen LogP contribution in [0.4, 0.5) is 5.13 Å². The van der Waals surface area contributed by atoms with E-state index < -0.39 is 23.6 Å². The van der Waals surface area contributed by atoms with E-state index in [1.165, 1.54) is 14.8 Å². The third-order valence-electron chi connectivity index (χ3n) is 3.16. The Bertz CT molecular complexity index is 777. The second-order valence-electron chi connectivity index (χ2n) is 4.42. The molecule has 3 rings (SSSR count). The number of nitrogens with zero attached hydrogens (tertiary/aromatic N) is 4. The number of primary amides is 1. The van der Waals surface area contributed by atoms with Crippen molar-refractivity contribution in [2.75, 3.05) is 4.90 Å². The number of fused-ring (bicyclic) bond motifs is 1. The maximum atomic E-state index is 11.5. The molecule has 0 fully saturated rings. The van der Waals surface area contributed by atoms with Crippen LogP contribution in [0, 0.1) is 0 Å². The zero-order valence-electron chi connectivity index (χ0n) is 10.5. The van der Waals surface area contributed by atoms with E-state index in [2.05, 4.69) is 15.2 Å². The molecule has 1 aliphatic heterocycles. The number of aromatic amines is 1. The highest BCUT2D eigenvalue weighted by molar-refractivity contribution is 7.14. The van der Waals surface area contributed by atoms with Gasteiger partial charge in [0.2, 0.25) is 0 Å². The molecule has 3 heterocycles. The quantitative estimate of drug-likeness (QED) is 0.631. The number of thiazole rings is 1. The number of nitrogens with one attached hydrogen (secondary N) is 1. The molecule has 11 heteroatoms. The first-order valence-corrected chi connectivity index (χ1v) is 6.74. The molecule has 110 valence electrons. The van der Waals surface area contributed by atoms with Crippen LogP contribution in [0.25, 0.3) is 0 Å². The number of carboxylic acids is 1. The largest absolute Gasteiger partial charge is 0.480 e. The van der Waals surface area contributed by atoms with E-state index in [1.54, 1.807) is 0 Å². The van der Waals surface area contributed by atoms with Gasteiger partial charge in [-0.25, -0.2) is 19.7 Å². The Morgan fingerprint density at radius 1 is 1.52 bits per heavy atom. The molecule has 2 aromatic heterocycles. The van der Waals surface area contributed by atoms with Crippen LogP contribution >= 0.6 is 11.3 Å². The van der Waals surface area contributed by atoms with Crippen LogP contribution in [0.2, 0.25) is 0 Å². The van der Waals surface area contributed by atoms with E-state index in [4.69, 9.17) is 5.73 Å². The summed E-state index contributed by atoms with van der Waals surface area (Å²) in [5.74, 6) is -1.36. The molecule has 0 saturated carbocycles. The molecule has 21 heavy (non-hydrogen) atoms. The average molecular weight is 310 g/mol. The van der Waals surface area contributed by atoms with Crippen molar-refractivity contribution in [1.82, 2.24) is 19.7 Å². The second kappa shape index (κ2) is 4.70. The molecule has 0 bridgehead atoms. The van der Waals surface area contributed by atoms with Gasteiger partial charge in [-0.2, -0.15) is 5.10 Å². The molecule has 4 N–H and O–H groups in total. The summed E-state index contributed by atoms with van der Waals surface area (Å²) >= 11 is 1.11. The van der Waals surface area contributed by atoms with E-state index in [0.29, 0.717) is 11.0 Å². The number of carbonyl (C=O) groups excluding carboxylic acids is 1. The van der Waals surface area contributed by atoms with Crippen molar-refractivity contribution in [3.63, 3.8) is 0 Å². The summed E-state index contributed by atoms with van der Waals surface area (Å²) in [5.41, 5.74) is 4.76. The molecule has 1 unspecified atom stereocenters. The summed E-state index contributed by atoms with van der Waals surface area (Å²) < 4.78 is 1.28. The van der Waals surface area contributed by atoms with Gasteiger partial charge in [0.1, 0.15) is 11.7 Å². The number of hydrogen-bond acceptors (Lipinski definition) is 7. The Kier molecular flexibility index (Phi) is 2.97. The van der Waals surface area contributed by atoms with Crippen LogP contribution in [-0.4, -0.2) is 42.8 Å². The molecule has 0 spiro atoms. The first kappa shape index (κ1) is 13.3. The summed E-state index contributed by atoms with van der Waals surface area (Å²) in [4.78, 5) is 39.5. The standard InChI is InChI=1S/C10H10N6O4S/c11-7(17)4-3-21-10(12-4)15-2-6-13-14-9(20)16(6)1-5(15)8(18)19/h3,5H,1-2H2,(H2,11,17)(H,14,20)(H,18,19). The highest BCUT2D eigenvalue weighted by Gasteiger charge is 2.35. The number of aromatic nitrogens is 4. The highest BCUT2D eigenvalue weighted by Crippen LogP contribution is 2.27. The van der Waals surface area contributed by atoms with Gasteiger partial charge in [0.15, 0.2) is 11.0 Å². The van der Waals surface area contributed by atoms with E-state index in [0.717, 1.165) is 11.3 Å². The van der Waals surface area contributed by atoms with Gasteiger partial charge in [-0.1, -0.05) is 0 Å². The van der Waals surface area contributed by atoms with E-state index in [1.807, 2.05) is 0 Å². The van der Waals surface area contributed by atoms with E-state index >= 15 is 0 Å². The third kappa shape index (κ3) is 2.16. The Morgan fingerprint density at radius 2 is 2.29 bits per heavy atom. The number of carboxylic acid groups (broad SMARTS) is 1. The monoisotopic (exact) mass is 310 g/mol. The van der Waals surface area contributed by atoms with Crippen molar-refractivity contribution in [2.45, 2.75) is 19.1 Å². The molecule has 1 aliphatic rings. The summed E-state index contributed by atoms with van der Waals surface area (Å²) in [7, 11) is 0. The first-order valence-electron chi connectivity index (χ1n) is 5.86. The molecule has 1 amide bonds. The van der Waals surface area contributed by atoms with Crippen molar-refractivity contribution in [3.05, 3.63) is 27.4 Å². The number of hydrogen-bond donors (Lipinski definition) is 3. The van der Waals surface area contributed by atoms with Crippen LogP contribution in [0.5, 0.6) is 0 Å². The van der Waals surface area contributed by atoms with Crippen molar-refractivity contribution in [2.24, 2.45) is 5.73 Å². The lowest BCUT2D eigenvalue weighted by atomic mass is 10.2. The molecule has 0 radical (unpaired) electrons. The summed E-state index contributed by atoms with van der Waals surface area (Å²) in [6, 6.07) is -0.973. The van der Waals surface area contributed by atoms with Crippen molar-refractivity contribution >= 4 is 28.3 Å². The molecule has 2 aromatic rings. The van der Waals surface area contributed by atoms with Crippen LogP contribution in [0.3, 0.4) is 0 Å². The minimum Gasteiger partial charge on any atom is -0.480 e. The molecule has 0 saturated heterocycles. The van der Waals surface area contributed by atoms with Crippen LogP contribution in [0.15, 0.2) is 10.2 Å². The SMILES string of the molecule is NC(=O)c1csc(N2Cc3n[nH]c(=O)n3CC2C(=O)O)n1. The highest BCUT2D eigenvalue weighted by atomic mass is 32.1. The maximum absolute atomic E-state index is 11.5. The number of amides is 1. The normalized spacial score (nSPS) is 17.5. The predicted molar refractivity (Wildman–Crippen MR) is 71.1 cm³/mol. The lowest BCUT2D eigenvalue weighted by molar-refractivity contribution is -0.139. The minimum absolute atomic E-state index is 0.0501. The number of H-pyrrole nitrogens is 1. The number of rotatable bonds is 3. The Labute approximate surface area is 120 Å². The molecular weight excluding hydrogens is 300 g/mol. The van der Waals surface area contributed by atoms with Gasteiger partial charge in [0, 0.05) is 5.38 Å². The average Bonchev–Trinajstić information content (AvgIpc) is 3.05. The van der Waals surface area contributed by atoms with Crippen molar-refractivity contribution in [3.8, 4) is 0 Å². The fourth-order valence-electron chi connectivity index (χ4n) is 2.12. The topological polar surface area (TPSA) is 147 Å². The van der Waals surface area contributed by atoms with Gasteiger partial charge in [0.25, 0.3) is 5.91 Å². The third-order valence-corrected chi connectivity index (χ3v) is 4.03. The lowest BCUT2D eigenvalue weighted by Gasteiger charge is -2.32. The maximum Gasteiger partial charge on any atom is 0.343 e. The number of nitrogens with two attached hydrogens (primary N) is 1. The van der Waals surface area contributed by atoms with Crippen molar-refractivity contribution in [1.29, 1.82) is 0 Å². The molecule has 0 aliphatic carbocycles. The van der Waals surface area contributed by atoms with Gasteiger partial charge < -0.3 is 15.7 Å². The number of aliphatic carboxylic acids is 1. The second-order valence-corrected chi connectivity index (χ2v) is 5.25. The molecule has 1 atom stereocenters. The minimum atomic E-state index is -1.09. The zero-order valence-corrected chi connectivity index (χ0v) is 11.3. The Hall–Kier alpha value is -2.69. The summed E-state index contributed by atoms with van der Waals surface area (Å²) in [6.45, 7) is 0.0485. The van der Waals surface area contributed by atoms with Crippen LogP contribution in [-0.2, 0) is 17.9 Å². The Morgan fingerprint density at radius 3 is 2.90 bits per heavy atom. The Balaban J connectivity index is 2.01. The van der Waals surface area contributed by atoms with Gasteiger partial charge in [0.05, 0.1) is 13.1 Å². The zero-order chi connectivity index (χ0) is 15.1. The number of carbonyl (C=O) groups is 2. The molecule has 10 nitrogen and oxygen atoms in total. The van der Waals surface area contributed by atoms with Gasteiger partial charge in [-0.3, -0.25) is 9.36 Å². The lowest BCUT2D eigenvalue weighted by Crippen LogP contribution is -2.49. The smallest absolute Gasteiger partial charge is 0.343 e. The summed E-state index contributed by atoms with van der Waals surface area (Å²) in [6.07, 6.45) is 0. The number of anilines is 1. The fourth-order valence-corrected chi connectivity index (χ4v) is 2.98. The van der Waals surface area contributed by atoms with Crippen LogP contribution < -0.4 is 16.3 Å². The first-order chi connectivity index (χ1) is 9.97. The van der Waals surface area contributed by atoms with E-state index in [-0.39, 0.29) is 18.8 Å². The van der Waals surface area contributed by atoms with Gasteiger partial charge in [-0.05, 0) is 0 Å². The summed E-state index contributed by atoms with van der Waals surface area (Å²) in [5, 5.41) is 17.3. The van der Waals surface area contributed by atoms with E-state index in [9.17, 15) is 19.5 Å². The van der Waals surface area contributed by atoms with Gasteiger partial charge in [-0.15, -0.1) is 11.3 Å². The van der Waals surface area contributed by atoms with Crippen LogP contribution in [0.1, 0.15) is 16.3 Å². The van der Waals surface area contributed by atoms with Crippen molar-refractivity contribution < 1.29 is 14.7 Å². The fraction of sp³-hybridized carbons (Fsp3) is 0.300. The molecular formula is C10H10N6O4S.